The molecular formula is C21H23F2N3O3. The quantitative estimate of drug-likeness (QED) is 0.693. The van der Waals surface area contributed by atoms with Crippen molar-refractivity contribution in [3.8, 4) is 5.88 Å². The Hall–Kier alpha value is -2.90. The summed E-state index contributed by atoms with van der Waals surface area (Å²) < 4.78 is 30.6. The van der Waals surface area contributed by atoms with Crippen molar-refractivity contribution in [2.75, 3.05) is 6.61 Å². The summed E-state index contributed by atoms with van der Waals surface area (Å²) in [5.74, 6) is -2.83. The molecule has 2 heterocycles. The van der Waals surface area contributed by atoms with Gasteiger partial charge >= 0.3 is 0 Å². The average Bonchev–Trinajstić information content (AvgIpc) is 3.52. The molecule has 0 saturated heterocycles. The van der Waals surface area contributed by atoms with Gasteiger partial charge in [-0.15, -0.1) is 0 Å². The largest absolute Gasteiger partial charge is 0.471 e. The number of nitrogens with zero attached hydrogens (tertiary/aromatic N) is 2. The molecule has 1 N–H and O–H groups in total. The molecule has 1 fully saturated rings. The van der Waals surface area contributed by atoms with Crippen molar-refractivity contribution >= 4 is 11.7 Å². The second-order valence-electron chi connectivity index (χ2n) is 7.44. The third-order valence-corrected chi connectivity index (χ3v) is 4.55. The lowest BCUT2D eigenvalue weighted by Crippen LogP contribution is -2.27. The van der Waals surface area contributed by atoms with Gasteiger partial charge < -0.3 is 10.1 Å². The van der Waals surface area contributed by atoms with Crippen LogP contribution in [0.25, 0.3) is 0 Å². The van der Waals surface area contributed by atoms with Gasteiger partial charge in [-0.1, -0.05) is 6.07 Å². The molecule has 8 heteroatoms. The van der Waals surface area contributed by atoms with Crippen LogP contribution >= 0.6 is 0 Å². The molecule has 3 rings (SSSR count). The number of halogens is 2. The number of nitrogens with one attached hydrogen (secondary N) is 1. The molecule has 2 aromatic heterocycles. The number of hydrogen-bond acceptors (Lipinski definition) is 5. The number of aromatic nitrogens is 2. The van der Waals surface area contributed by atoms with Gasteiger partial charge in [-0.3, -0.25) is 14.6 Å². The summed E-state index contributed by atoms with van der Waals surface area (Å²) in [7, 11) is 0. The molecule has 1 aliphatic rings. The first kappa shape index (κ1) is 20.8. The smallest absolute Gasteiger partial charge is 0.278 e. The number of ketones is 1. The number of hydrogen-bond donors (Lipinski definition) is 1. The van der Waals surface area contributed by atoms with Crippen molar-refractivity contribution < 1.29 is 23.1 Å². The van der Waals surface area contributed by atoms with E-state index in [4.69, 9.17) is 4.74 Å². The normalized spacial score (nSPS) is 14.9. The Balaban J connectivity index is 1.57. The highest BCUT2D eigenvalue weighted by atomic mass is 19.3. The number of amides is 1. The Kier molecular flexibility index (Phi) is 6.20. The molecule has 1 amide bonds. The number of carbonyl (C=O) groups excluding carboxylic acids is 2. The molecule has 6 nitrogen and oxygen atoms in total. The Morgan fingerprint density at radius 2 is 2.03 bits per heavy atom. The average molecular weight is 403 g/mol. The number of alkyl halides is 2. The highest BCUT2D eigenvalue weighted by molar-refractivity contribution is 5.94. The fourth-order valence-corrected chi connectivity index (χ4v) is 2.74. The Morgan fingerprint density at radius 3 is 2.66 bits per heavy atom. The van der Waals surface area contributed by atoms with Crippen LogP contribution in [0.3, 0.4) is 0 Å². The molecule has 1 aliphatic carbocycles. The Bertz CT molecular complexity index is 877. The van der Waals surface area contributed by atoms with E-state index in [1.165, 1.54) is 18.5 Å². The van der Waals surface area contributed by atoms with Crippen molar-refractivity contribution in [1.82, 2.24) is 15.3 Å². The Morgan fingerprint density at radius 1 is 1.28 bits per heavy atom. The Labute approximate surface area is 167 Å². The zero-order chi connectivity index (χ0) is 21.0. The lowest BCUT2D eigenvalue weighted by atomic mass is 10.1. The second-order valence-corrected chi connectivity index (χ2v) is 7.44. The van der Waals surface area contributed by atoms with Crippen LogP contribution in [0, 0.1) is 5.92 Å². The molecule has 0 bridgehead atoms. The molecule has 0 aromatic carbocycles. The zero-order valence-corrected chi connectivity index (χ0v) is 16.3. The minimum atomic E-state index is -2.94. The van der Waals surface area contributed by atoms with Gasteiger partial charge in [-0.25, -0.2) is 13.8 Å². The van der Waals surface area contributed by atoms with E-state index in [0.29, 0.717) is 16.8 Å². The summed E-state index contributed by atoms with van der Waals surface area (Å²) in [6, 6.07) is 6.00. The third-order valence-electron chi connectivity index (χ3n) is 4.55. The molecule has 1 atom stereocenters. The van der Waals surface area contributed by atoms with Crippen molar-refractivity contribution in [3.63, 3.8) is 0 Å². The van der Waals surface area contributed by atoms with E-state index in [-0.39, 0.29) is 36.0 Å². The van der Waals surface area contributed by atoms with Gasteiger partial charge in [-0.05, 0) is 37.5 Å². The van der Waals surface area contributed by atoms with Crippen LogP contribution in [0.5, 0.6) is 5.88 Å². The monoisotopic (exact) mass is 403 g/mol. The summed E-state index contributed by atoms with van der Waals surface area (Å²) in [6.45, 7) is 1.80. The summed E-state index contributed by atoms with van der Waals surface area (Å²) in [5, 5.41) is 2.85. The minimum absolute atomic E-state index is 0.0907. The van der Waals surface area contributed by atoms with E-state index in [9.17, 15) is 18.4 Å². The van der Waals surface area contributed by atoms with Gasteiger partial charge in [-0.2, -0.15) is 0 Å². The maximum absolute atomic E-state index is 12.8. The summed E-state index contributed by atoms with van der Waals surface area (Å²) in [6.07, 6.45) is 5.11. The van der Waals surface area contributed by atoms with Crippen LogP contribution in [0.1, 0.15) is 54.3 Å². The molecule has 154 valence electrons. The third kappa shape index (κ3) is 6.30. The van der Waals surface area contributed by atoms with Crippen LogP contribution in [0.15, 0.2) is 36.7 Å². The van der Waals surface area contributed by atoms with Crippen molar-refractivity contribution in [2.24, 2.45) is 5.92 Å². The van der Waals surface area contributed by atoms with Gasteiger partial charge in [0.15, 0.2) is 6.61 Å². The summed E-state index contributed by atoms with van der Waals surface area (Å²) >= 11 is 0. The van der Waals surface area contributed by atoms with Crippen molar-refractivity contribution in [2.45, 2.75) is 45.1 Å². The first-order valence-electron chi connectivity index (χ1n) is 9.46. The minimum Gasteiger partial charge on any atom is -0.471 e. The van der Waals surface area contributed by atoms with Crippen LogP contribution in [-0.2, 0) is 11.2 Å². The molecule has 29 heavy (non-hydrogen) atoms. The SMILES string of the molecule is CC(NC(=O)c1ccnc(CC(=O)C2CC2)c1)c1ccc(OCC(C)(F)F)nc1. The number of ether oxygens (including phenoxy) is 1. The highest BCUT2D eigenvalue weighted by Crippen LogP contribution is 2.30. The van der Waals surface area contributed by atoms with E-state index in [1.54, 1.807) is 25.1 Å². The van der Waals surface area contributed by atoms with Gasteiger partial charge in [0.1, 0.15) is 5.78 Å². The van der Waals surface area contributed by atoms with E-state index in [0.717, 1.165) is 19.8 Å². The molecular weight excluding hydrogens is 380 g/mol. The topological polar surface area (TPSA) is 81.2 Å². The van der Waals surface area contributed by atoms with E-state index in [2.05, 4.69) is 15.3 Å². The van der Waals surface area contributed by atoms with Crippen LogP contribution in [-0.4, -0.2) is 34.2 Å². The maximum Gasteiger partial charge on any atom is 0.278 e. The second kappa shape index (κ2) is 8.63. The summed E-state index contributed by atoms with van der Waals surface area (Å²) in [5.41, 5.74) is 1.70. The molecule has 1 unspecified atom stereocenters. The van der Waals surface area contributed by atoms with E-state index in [1.807, 2.05) is 0 Å². The standard InChI is InChI=1S/C21H23F2N3O3/c1-13(16-5-6-19(25-11-16)29-12-21(2,22)23)26-20(28)15-7-8-24-17(9-15)10-18(27)14-3-4-14/h5-9,11,13-14H,3-4,10,12H2,1-2H3,(H,26,28). The van der Waals surface area contributed by atoms with Gasteiger partial charge in [0.2, 0.25) is 5.88 Å². The number of pyridine rings is 2. The highest BCUT2D eigenvalue weighted by Gasteiger charge is 2.29. The molecule has 0 aliphatic heterocycles. The van der Waals surface area contributed by atoms with Crippen molar-refractivity contribution in [1.29, 1.82) is 0 Å². The zero-order valence-electron chi connectivity index (χ0n) is 16.3. The van der Waals surface area contributed by atoms with Crippen molar-refractivity contribution in [3.05, 3.63) is 53.5 Å². The van der Waals surface area contributed by atoms with Crippen LogP contribution in [0.4, 0.5) is 8.78 Å². The van der Waals surface area contributed by atoms with Gasteiger partial charge in [0.05, 0.1) is 6.04 Å². The number of Topliss-reactive ketones (excluding diaryl/α,β-unsaturated/α-hetero) is 1. The van der Waals surface area contributed by atoms with E-state index >= 15 is 0 Å². The summed E-state index contributed by atoms with van der Waals surface area (Å²) in [4.78, 5) is 32.7. The lowest BCUT2D eigenvalue weighted by Gasteiger charge is -2.15. The molecule has 2 aromatic rings. The molecule has 0 spiro atoms. The van der Waals surface area contributed by atoms with Gasteiger partial charge in [0.25, 0.3) is 11.8 Å². The van der Waals surface area contributed by atoms with Crippen LogP contribution < -0.4 is 10.1 Å². The number of rotatable bonds is 9. The maximum atomic E-state index is 12.8. The number of carbonyl (C=O) groups is 2. The fraction of sp³-hybridized carbons (Fsp3) is 0.429. The lowest BCUT2D eigenvalue weighted by molar-refractivity contribution is -0.119. The fourth-order valence-electron chi connectivity index (χ4n) is 2.74. The van der Waals surface area contributed by atoms with Gasteiger partial charge in [0, 0.05) is 49.0 Å². The first-order chi connectivity index (χ1) is 13.7. The van der Waals surface area contributed by atoms with Crippen LogP contribution in [0.2, 0.25) is 0 Å². The molecule has 0 radical (unpaired) electrons. The molecule has 1 saturated carbocycles. The predicted molar refractivity (Wildman–Crippen MR) is 102 cm³/mol. The van der Waals surface area contributed by atoms with E-state index < -0.39 is 12.5 Å². The predicted octanol–water partition coefficient (Wildman–Crippen LogP) is 3.52. The first-order valence-corrected chi connectivity index (χ1v) is 9.46.